The standard InChI is InChI=1S/C21H22N4O2/c1-16(15-27-2)23-20(26)11-10-18-14-25(19-8-4-3-5-9-19)24-21(18)17-7-6-12-22-13-17/h3-14,16H,15H2,1-2H3,(H,23,26)/b11-10+. The summed E-state index contributed by atoms with van der Waals surface area (Å²) in [6.07, 6.45) is 8.66. The maximum atomic E-state index is 12.1. The molecule has 0 spiro atoms. The van der Waals surface area contributed by atoms with Gasteiger partial charge in [-0.1, -0.05) is 18.2 Å². The van der Waals surface area contributed by atoms with Gasteiger partial charge in [0.15, 0.2) is 0 Å². The molecule has 6 nitrogen and oxygen atoms in total. The number of carbonyl (C=O) groups is 1. The van der Waals surface area contributed by atoms with E-state index in [1.807, 2.05) is 55.6 Å². The third-order valence-electron chi connectivity index (χ3n) is 3.92. The maximum absolute atomic E-state index is 12.1. The first-order valence-corrected chi connectivity index (χ1v) is 8.70. The molecule has 138 valence electrons. The average Bonchev–Trinajstić information content (AvgIpc) is 3.12. The Morgan fingerprint density at radius 1 is 1.26 bits per heavy atom. The van der Waals surface area contributed by atoms with Gasteiger partial charge in [-0.25, -0.2) is 4.68 Å². The van der Waals surface area contributed by atoms with Gasteiger partial charge in [-0.05, 0) is 37.3 Å². The zero-order valence-corrected chi connectivity index (χ0v) is 15.4. The van der Waals surface area contributed by atoms with Gasteiger partial charge in [0, 0.05) is 48.9 Å². The van der Waals surface area contributed by atoms with Crippen LogP contribution in [0.5, 0.6) is 0 Å². The van der Waals surface area contributed by atoms with E-state index in [0.29, 0.717) is 6.61 Å². The number of pyridine rings is 1. The fourth-order valence-electron chi connectivity index (χ4n) is 2.70. The van der Waals surface area contributed by atoms with E-state index in [1.165, 1.54) is 6.08 Å². The van der Waals surface area contributed by atoms with Gasteiger partial charge < -0.3 is 10.1 Å². The van der Waals surface area contributed by atoms with Crippen molar-refractivity contribution in [3.63, 3.8) is 0 Å². The monoisotopic (exact) mass is 362 g/mol. The zero-order chi connectivity index (χ0) is 19.1. The van der Waals surface area contributed by atoms with Crippen molar-refractivity contribution in [1.29, 1.82) is 0 Å². The summed E-state index contributed by atoms with van der Waals surface area (Å²) in [7, 11) is 1.61. The summed E-state index contributed by atoms with van der Waals surface area (Å²) in [6, 6.07) is 13.6. The molecule has 27 heavy (non-hydrogen) atoms. The predicted molar refractivity (Wildman–Crippen MR) is 105 cm³/mol. The van der Waals surface area contributed by atoms with Gasteiger partial charge >= 0.3 is 0 Å². The second-order valence-electron chi connectivity index (χ2n) is 6.15. The first kappa shape index (κ1) is 18.5. The minimum Gasteiger partial charge on any atom is -0.383 e. The molecule has 1 N–H and O–H groups in total. The fraction of sp³-hybridized carbons (Fsp3) is 0.190. The van der Waals surface area contributed by atoms with E-state index >= 15 is 0 Å². The van der Waals surface area contributed by atoms with Gasteiger partial charge in [-0.15, -0.1) is 0 Å². The van der Waals surface area contributed by atoms with Crippen molar-refractivity contribution in [2.75, 3.05) is 13.7 Å². The number of ether oxygens (including phenoxy) is 1. The largest absolute Gasteiger partial charge is 0.383 e. The summed E-state index contributed by atoms with van der Waals surface area (Å²) in [4.78, 5) is 16.3. The van der Waals surface area contributed by atoms with E-state index in [4.69, 9.17) is 9.84 Å². The molecular weight excluding hydrogens is 340 g/mol. The quantitative estimate of drug-likeness (QED) is 0.656. The molecule has 0 aliphatic heterocycles. The minimum atomic E-state index is -0.177. The van der Waals surface area contributed by atoms with Gasteiger partial charge in [0.05, 0.1) is 12.3 Å². The van der Waals surface area contributed by atoms with Crippen molar-refractivity contribution in [3.8, 4) is 16.9 Å². The third-order valence-corrected chi connectivity index (χ3v) is 3.92. The normalized spacial score (nSPS) is 12.2. The molecular formula is C21H22N4O2. The van der Waals surface area contributed by atoms with Crippen LogP contribution in [0.3, 0.4) is 0 Å². The number of methoxy groups -OCH3 is 1. The average molecular weight is 362 g/mol. The molecule has 0 aliphatic rings. The maximum Gasteiger partial charge on any atom is 0.244 e. The molecule has 3 aromatic rings. The number of nitrogens with zero attached hydrogens (tertiary/aromatic N) is 3. The molecule has 1 atom stereocenters. The number of rotatable bonds is 7. The molecule has 1 aromatic carbocycles. The Kier molecular flexibility index (Phi) is 6.12. The van der Waals surface area contributed by atoms with Gasteiger partial charge in [-0.3, -0.25) is 9.78 Å². The highest BCUT2D eigenvalue weighted by molar-refractivity contribution is 5.93. The van der Waals surface area contributed by atoms with Crippen molar-refractivity contribution in [2.24, 2.45) is 0 Å². The van der Waals surface area contributed by atoms with E-state index in [0.717, 1.165) is 22.5 Å². The summed E-state index contributed by atoms with van der Waals surface area (Å²) >= 11 is 0. The smallest absolute Gasteiger partial charge is 0.244 e. The van der Waals surface area contributed by atoms with Crippen LogP contribution in [0, 0.1) is 0 Å². The van der Waals surface area contributed by atoms with E-state index in [-0.39, 0.29) is 11.9 Å². The number of benzene rings is 1. The summed E-state index contributed by atoms with van der Waals surface area (Å²) < 4.78 is 6.84. The fourth-order valence-corrected chi connectivity index (χ4v) is 2.70. The number of nitrogens with one attached hydrogen (secondary N) is 1. The lowest BCUT2D eigenvalue weighted by molar-refractivity contribution is -0.117. The lowest BCUT2D eigenvalue weighted by Crippen LogP contribution is -2.34. The Bertz CT molecular complexity index is 904. The number of hydrogen-bond donors (Lipinski definition) is 1. The Hall–Kier alpha value is -3.25. The highest BCUT2D eigenvalue weighted by Gasteiger charge is 2.11. The highest BCUT2D eigenvalue weighted by atomic mass is 16.5. The van der Waals surface area contributed by atoms with E-state index < -0.39 is 0 Å². The van der Waals surface area contributed by atoms with Crippen molar-refractivity contribution in [1.82, 2.24) is 20.1 Å². The number of amides is 1. The van der Waals surface area contributed by atoms with Crippen LogP contribution in [0.15, 0.2) is 67.1 Å². The summed E-state index contributed by atoms with van der Waals surface area (Å²) in [5, 5.41) is 7.55. The van der Waals surface area contributed by atoms with Crippen LogP contribution in [-0.4, -0.2) is 40.4 Å². The van der Waals surface area contributed by atoms with Crippen LogP contribution in [0.2, 0.25) is 0 Å². The Morgan fingerprint density at radius 2 is 2.07 bits per heavy atom. The third kappa shape index (κ3) is 4.89. The van der Waals surface area contributed by atoms with E-state index in [9.17, 15) is 4.79 Å². The number of para-hydroxylation sites is 1. The van der Waals surface area contributed by atoms with E-state index in [2.05, 4.69) is 10.3 Å². The minimum absolute atomic E-state index is 0.0583. The Morgan fingerprint density at radius 3 is 2.78 bits per heavy atom. The molecule has 0 aliphatic carbocycles. The molecule has 0 saturated heterocycles. The van der Waals surface area contributed by atoms with E-state index in [1.54, 1.807) is 30.3 Å². The van der Waals surface area contributed by atoms with Crippen molar-refractivity contribution in [3.05, 3.63) is 72.7 Å². The first-order chi connectivity index (χ1) is 13.2. The van der Waals surface area contributed by atoms with Gasteiger partial charge in [0.25, 0.3) is 0 Å². The Balaban J connectivity index is 1.90. The molecule has 2 aromatic heterocycles. The van der Waals surface area contributed by atoms with Crippen molar-refractivity contribution < 1.29 is 9.53 Å². The second kappa shape index (κ2) is 8.91. The van der Waals surface area contributed by atoms with Gasteiger partial charge in [0.1, 0.15) is 5.69 Å². The Labute approximate surface area is 158 Å². The molecule has 0 saturated carbocycles. The topological polar surface area (TPSA) is 69.0 Å². The van der Waals surface area contributed by atoms with Gasteiger partial charge in [-0.2, -0.15) is 5.10 Å². The van der Waals surface area contributed by atoms with Crippen LogP contribution in [0.25, 0.3) is 23.0 Å². The number of hydrogen-bond acceptors (Lipinski definition) is 4. The lowest BCUT2D eigenvalue weighted by atomic mass is 10.1. The first-order valence-electron chi connectivity index (χ1n) is 8.70. The van der Waals surface area contributed by atoms with Crippen LogP contribution >= 0.6 is 0 Å². The zero-order valence-electron chi connectivity index (χ0n) is 15.4. The van der Waals surface area contributed by atoms with Crippen LogP contribution in [0.1, 0.15) is 12.5 Å². The van der Waals surface area contributed by atoms with Crippen LogP contribution in [-0.2, 0) is 9.53 Å². The lowest BCUT2D eigenvalue weighted by Gasteiger charge is -2.10. The number of carbonyl (C=O) groups excluding carboxylic acids is 1. The molecule has 2 heterocycles. The predicted octanol–water partition coefficient (Wildman–Crippen LogP) is 3.10. The van der Waals surface area contributed by atoms with Crippen LogP contribution in [0.4, 0.5) is 0 Å². The second-order valence-corrected chi connectivity index (χ2v) is 6.15. The molecule has 0 bridgehead atoms. The molecule has 0 fully saturated rings. The number of aromatic nitrogens is 3. The summed E-state index contributed by atoms with van der Waals surface area (Å²) in [5.41, 5.74) is 3.43. The van der Waals surface area contributed by atoms with Crippen molar-refractivity contribution in [2.45, 2.75) is 13.0 Å². The van der Waals surface area contributed by atoms with Gasteiger partial charge in [0.2, 0.25) is 5.91 Å². The summed E-state index contributed by atoms with van der Waals surface area (Å²) in [5.74, 6) is -0.177. The molecule has 3 rings (SSSR count). The molecule has 1 amide bonds. The highest BCUT2D eigenvalue weighted by Crippen LogP contribution is 2.24. The van der Waals surface area contributed by atoms with Crippen molar-refractivity contribution >= 4 is 12.0 Å². The molecule has 1 unspecified atom stereocenters. The molecule has 6 heteroatoms. The SMILES string of the molecule is COCC(C)NC(=O)/C=C/c1cn(-c2ccccc2)nc1-c1cccnc1. The van der Waals surface area contributed by atoms with Crippen LogP contribution < -0.4 is 5.32 Å². The molecule has 0 radical (unpaired) electrons. The summed E-state index contributed by atoms with van der Waals surface area (Å²) in [6.45, 7) is 2.36.